The zero-order valence-electron chi connectivity index (χ0n) is 13.1. The van der Waals surface area contributed by atoms with Gasteiger partial charge in [0.1, 0.15) is 6.10 Å². The average Bonchev–Trinajstić information content (AvgIpc) is 2.58. The molecule has 2 N–H and O–H groups in total. The standard InChI is InChI=1S/C17H18N2O5/c1-12(20)18-11-15(21)17(13-7-3-2-4-8-13)24-16-10-6-5-9-14(16)19(22)23/h2-10,15,17,21H,11H2,1H3,(H,18,20)/t15-,17+/m0/s1. The summed E-state index contributed by atoms with van der Waals surface area (Å²) in [5.41, 5.74) is 0.457. The Morgan fingerprint density at radius 2 is 1.83 bits per heavy atom. The van der Waals surface area contributed by atoms with Crippen molar-refractivity contribution < 1.29 is 19.6 Å². The summed E-state index contributed by atoms with van der Waals surface area (Å²) in [6.07, 6.45) is -1.93. The number of nitro benzene ring substituents is 1. The van der Waals surface area contributed by atoms with Crippen molar-refractivity contribution in [2.45, 2.75) is 19.1 Å². The molecule has 0 saturated carbocycles. The quantitative estimate of drug-likeness (QED) is 0.598. The minimum absolute atomic E-state index is 0.0322. The van der Waals surface area contributed by atoms with Crippen LogP contribution in [-0.2, 0) is 4.79 Å². The first-order valence-electron chi connectivity index (χ1n) is 7.36. The van der Waals surface area contributed by atoms with Crippen LogP contribution in [0.25, 0.3) is 0 Å². The van der Waals surface area contributed by atoms with E-state index in [2.05, 4.69) is 5.32 Å². The van der Waals surface area contributed by atoms with E-state index in [4.69, 9.17) is 4.74 Å². The van der Waals surface area contributed by atoms with Crippen LogP contribution in [0, 0.1) is 10.1 Å². The van der Waals surface area contributed by atoms with Crippen LogP contribution in [0.1, 0.15) is 18.6 Å². The number of nitrogens with zero attached hydrogens (tertiary/aromatic N) is 1. The van der Waals surface area contributed by atoms with Crippen LogP contribution in [-0.4, -0.2) is 28.6 Å². The van der Waals surface area contributed by atoms with Gasteiger partial charge in [-0.1, -0.05) is 42.5 Å². The SMILES string of the molecule is CC(=O)NC[C@H](O)[C@H](Oc1ccccc1[N+](=O)[O-])c1ccccc1. The average molecular weight is 330 g/mol. The van der Waals surface area contributed by atoms with Gasteiger partial charge in [0.2, 0.25) is 5.91 Å². The lowest BCUT2D eigenvalue weighted by molar-refractivity contribution is -0.386. The zero-order chi connectivity index (χ0) is 17.5. The minimum Gasteiger partial charge on any atom is -0.476 e. The number of carbonyl (C=O) groups is 1. The van der Waals surface area contributed by atoms with Gasteiger partial charge < -0.3 is 15.2 Å². The number of benzene rings is 2. The van der Waals surface area contributed by atoms with Crippen molar-refractivity contribution in [2.75, 3.05) is 6.54 Å². The van der Waals surface area contributed by atoms with E-state index in [1.807, 2.05) is 6.07 Å². The second kappa shape index (κ2) is 8.07. The molecule has 126 valence electrons. The molecule has 0 saturated heterocycles. The summed E-state index contributed by atoms with van der Waals surface area (Å²) in [6.45, 7) is 1.31. The third-order valence-corrected chi connectivity index (χ3v) is 3.35. The number of hydrogen-bond donors (Lipinski definition) is 2. The van der Waals surface area contributed by atoms with Crippen molar-refractivity contribution in [3.63, 3.8) is 0 Å². The van der Waals surface area contributed by atoms with E-state index in [9.17, 15) is 20.0 Å². The molecule has 7 heteroatoms. The third kappa shape index (κ3) is 4.53. The largest absolute Gasteiger partial charge is 0.476 e. The lowest BCUT2D eigenvalue weighted by Crippen LogP contribution is -2.36. The van der Waals surface area contributed by atoms with E-state index < -0.39 is 17.1 Å². The molecule has 0 aliphatic heterocycles. The predicted octanol–water partition coefficient (Wildman–Crippen LogP) is 2.21. The van der Waals surface area contributed by atoms with Crippen molar-refractivity contribution >= 4 is 11.6 Å². The highest BCUT2D eigenvalue weighted by Crippen LogP contribution is 2.32. The van der Waals surface area contributed by atoms with Crippen LogP contribution >= 0.6 is 0 Å². The van der Waals surface area contributed by atoms with Gasteiger partial charge >= 0.3 is 5.69 Å². The fraction of sp³-hybridized carbons (Fsp3) is 0.235. The summed E-state index contributed by atoms with van der Waals surface area (Å²) in [4.78, 5) is 21.6. The van der Waals surface area contributed by atoms with Crippen molar-refractivity contribution in [1.29, 1.82) is 0 Å². The third-order valence-electron chi connectivity index (χ3n) is 3.35. The molecule has 7 nitrogen and oxygen atoms in total. The molecule has 0 aliphatic rings. The number of amides is 1. The van der Waals surface area contributed by atoms with Crippen LogP contribution < -0.4 is 10.1 Å². The molecule has 0 aliphatic carbocycles. The fourth-order valence-electron chi connectivity index (χ4n) is 2.21. The summed E-state index contributed by atoms with van der Waals surface area (Å²) in [6, 6.07) is 14.8. The molecule has 0 unspecified atom stereocenters. The molecule has 2 rings (SSSR count). The van der Waals surface area contributed by atoms with Gasteiger partial charge in [0.25, 0.3) is 0 Å². The molecule has 0 bridgehead atoms. The van der Waals surface area contributed by atoms with Gasteiger partial charge in [0.15, 0.2) is 11.9 Å². The van der Waals surface area contributed by atoms with E-state index in [1.165, 1.54) is 25.1 Å². The maximum Gasteiger partial charge on any atom is 0.310 e. The topological polar surface area (TPSA) is 102 Å². The lowest BCUT2D eigenvalue weighted by Gasteiger charge is -2.24. The van der Waals surface area contributed by atoms with E-state index in [0.29, 0.717) is 5.56 Å². The molecular weight excluding hydrogens is 312 g/mol. The van der Waals surface area contributed by atoms with E-state index in [1.54, 1.807) is 30.3 Å². The van der Waals surface area contributed by atoms with Crippen LogP contribution in [0.2, 0.25) is 0 Å². The van der Waals surface area contributed by atoms with Crippen molar-refractivity contribution in [3.8, 4) is 5.75 Å². The molecule has 0 radical (unpaired) electrons. The molecule has 1 amide bonds. The van der Waals surface area contributed by atoms with Gasteiger partial charge in [-0.3, -0.25) is 14.9 Å². The molecule has 0 heterocycles. The van der Waals surface area contributed by atoms with Crippen molar-refractivity contribution in [3.05, 3.63) is 70.3 Å². The molecule has 2 aromatic carbocycles. The zero-order valence-corrected chi connectivity index (χ0v) is 13.1. The first-order chi connectivity index (χ1) is 11.5. The van der Waals surface area contributed by atoms with Gasteiger partial charge in [-0.15, -0.1) is 0 Å². The van der Waals surface area contributed by atoms with E-state index >= 15 is 0 Å². The highest BCUT2D eigenvalue weighted by Gasteiger charge is 2.26. The van der Waals surface area contributed by atoms with Gasteiger partial charge in [-0.05, 0) is 11.6 Å². The Balaban J connectivity index is 2.30. The number of para-hydroxylation sites is 2. The number of nitrogens with one attached hydrogen (secondary N) is 1. The highest BCUT2D eigenvalue weighted by molar-refractivity contribution is 5.72. The van der Waals surface area contributed by atoms with Crippen molar-refractivity contribution in [1.82, 2.24) is 5.32 Å². The van der Waals surface area contributed by atoms with Crippen LogP contribution in [0.15, 0.2) is 54.6 Å². The fourth-order valence-corrected chi connectivity index (χ4v) is 2.21. The number of aliphatic hydroxyl groups excluding tert-OH is 1. The molecule has 0 aromatic heterocycles. The predicted molar refractivity (Wildman–Crippen MR) is 87.6 cm³/mol. The Labute approximate surface area is 139 Å². The second-order valence-electron chi connectivity index (χ2n) is 5.18. The Morgan fingerprint density at radius 1 is 1.21 bits per heavy atom. The minimum atomic E-state index is -1.07. The molecule has 0 fully saturated rings. The molecule has 2 aromatic rings. The number of hydrogen-bond acceptors (Lipinski definition) is 5. The van der Waals surface area contributed by atoms with Crippen LogP contribution in [0.5, 0.6) is 5.75 Å². The lowest BCUT2D eigenvalue weighted by atomic mass is 10.0. The number of aliphatic hydroxyl groups is 1. The normalized spacial score (nSPS) is 12.9. The first kappa shape index (κ1) is 17.4. The van der Waals surface area contributed by atoms with Crippen molar-refractivity contribution in [2.24, 2.45) is 0 Å². The van der Waals surface area contributed by atoms with E-state index in [0.717, 1.165) is 0 Å². The number of ether oxygens (including phenoxy) is 1. The smallest absolute Gasteiger partial charge is 0.310 e. The Bertz CT molecular complexity index is 705. The van der Waals surface area contributed by atoms with E-state index in [-0.39, 0.29) is 23.9 Å². The number of rotatable bonds is 7. The summed E-state index contributed by atoms with van der Waals surface area (Å²) in [5, 5.41) is 24.0. The van der Waals surface area contributed by atoms with Gasteiger partial charge in [-0.25, -0.2) is 0 Å². The summed E-state index contributed by atoms with van der Waals surface area (Å²) in [7, 11) is 0. The summed E-state index contributed by atoms with van der Waals surface area (Å²) in [5.74, 6) is -0.232. The maximum atomic E-state index is 11.1. The van der Waals surface area contributed by atoms with Crippen LogP contribution in [0.3, 0.4) is 0 Å². The highest BCUT2D eigenvalue weighted by atomic mass is 16.6. The Hall–Kier alpha value is -2.93. The number of nitro groups is 1. The molecule has 24 heavy (non-hydrogen) atoms. The maximum absolute atomic E-state index is 11.1. The van der Waals surface area contributed by atoms with Gasteiger partial charge in [-0.2, -0.15) is 0 Å². The Morgan fingerprint density at radius 3 is 2.46 bits per heavy atom. The van der Waals surface area contributed by atoms with Gasteiger partial charge in [0.05, 0.1) is 4.92 Å². The number of carbonyl (C=O) groups excluding carboxylic acids is 1. The molecular formula is C17H18N2O5. The first-order valence-corrected chi connectivity index (χ1v) is 7.36. The molecule has 2 atom stereocenters. The summed E-state index contributed by atoms with van der Waals surface area (Å²) < 4.78 is 5.74. The molecule has 0 spiro atoms. The van der Waals surface area contributed by atoms with Crippen LogP contribution in [0.4, 0.5) is 5.69 Å². The van der Waals surface area contributed by atoms with Gasteiger partial charge in [0, 0.05) is 19.5 Å². The monoisotopic (exact) mass is 330 g/mol. The Kier molecular flexibility index (Phi) is 5.86. The summed E-state index contributed by atoms with van der Waals surface area (Å²) >= 11 is 0. The second-order valence-corrected chi connectivity index (χ2v) is 5.18.